The SMILES string of the molecule is c1ccc(-c2nc(-c3ccc4c(c3)C3(c5ccccc5-c5ccccc53)c3ccccc3-4)nc(-c3cc4c(sc5ccccc54)c4c3C3(c5ccccc5-4)C4CC5CC(C4)CC3C5)n2)cc1. The first-order chi connectivity index (χ1) is 32.7. The summed E-state index contributed by atoms with van der Waals surface area (Å²) in [4.78, 5) is 16.9. The summed E-state index contributed by atoms with van der Waals surface area (Å²) in [6, 6.07) is 65.8. The Morgan fingerprint density at radius 3 is 1.59 bits per heavy atom. The smallest absolute Gasteiger partial charge is 0.164 e. The van der Waals surface area contributed by atoms with Crippen molar-refractivity contribution < 1.29 is 0 Å². The standard InChI is InChI=1S/C62H43N3S/c1-2-14-37(15-3-1)58-63-59(38-26-27-44-43-18-6-11-23-51(43)62(53(44)33-38)49-21-9-4-16-41(49)42-17-5-10-22-50(42)62)65-60(64-58)48-34-47-45-19-8-13-25-54(45)66-57(47)55-46-20-7-12-24-52(46)61(56(48)55)39-29-35-28-36(31-39)32-40(61)30-35/h1-27,33-36,39-40H,28-32H2. The molecule has 4 fully saturated rings. The number of fused-ring (bicyclic) bond motifs is 17. The van der Waals surface area contributed by atoms with E-state index in [1.807, 2.05) is 11.3 Å². The highest BCUT2D eigenvalue weighted by Crippen LogP contribution is 2.72. The average Bonchev–Trinajstić information content (AvgIpc) is 4.08. The number of benzene rings is 8. The van der Waals surface area contributed by atoms with Crippen molar-refractivity contribution >= 4 is 31.5 Å². The first kappa shape index (κ1) is 36.2. The Bertz CT molecular complexity index is 3660. The molecule has 0 aliphatic heterocycles. The molecule has 10 aromatic rings. The average molecular weight is 862 g/mol. The lowest BCUT2D eigenvalue weighted by molar-refractivity contribution is -0.0397. The zero-order chi connectivity index (χ0) is 42.9. The van der Waals surface area contributed by atoms with Gasteiger partial charge in [-0.05, 0) is 135 Å². The normalized spacial score (nSPS) is 22.7. The quantitative estimate of drug-likeness (QED) is 0.178. The summed E-state index contributed by atoms with van der Waals surface area (Å²) in [6.07, 6.45) is 6.67. The number of hydrogen-bond donors (Lipinski definition) is 0. The van der Waals surface area contributed by atoms with Crippen molar-refractivity contribution in [1.29, 1.82) is 0 Å². The van der Waals surface area contributed by atoms with Crippen LogP contribution in [-0.2, 0) is 10.8 Å². The first-order valence-corrected chi connectivity index (χ1v) is 24.8. The molecule has 8 aromatic carbocycles. The Hall–Kier alpha value is -7.01. The molecular weight excluding hydrogens is 819 g/mol. The zero-order valence-corrected chi connectivity index (χ0v) is 37.2. The number of hydrogen-bond acceptors (Lipinski definition) is 4. The van der Waals surface area contributed by atoms with E-state index in [9.17, 15) is 0 Å². The van der Waals surface area contributed by atoms with Crippen LogP contribution >= 0.6 is 11.3 Å². The highest BCUT2D eigenvalue weighted by atomic mass is 32.1. The van der Waals surface area contributed by atoms with Crippen LogP contribution in [0.4, 0.5) is 0 Å². The molecule has 0 unspecified atom stereocenters. The summed E-state index contributed by atoms with van der Waals surface area (Å²) in [5, 5.41) is 2.61. The van der Waals surface area contributed by atoms with E-state index in [1.54, 1.807) is 5.56 Å². The molecule has 66 heavy (non-hydrogen) atoms. The molecule has 0 N–H and O–H groups in total. The van der Waals surface area contributed by atoms with Crippen LogP contribution in [0.5, 0.6) is 0 Å². The second-order valence-corrected chi connectivity index (χ2v) is 21.2. The van der Waals surface area contributed by atoms with Crippen LogP contribution in [0.25, 0.3) is 87.7 Å². The fourth-order valence-corrected chi connectivity index (χ4v) is 16.5. The molecule has 0 atom stereocenters. The Morgan fingerprint density at radius 2 is 0.924 bits per heavy atom. The molecule has 2 heterocycles. The van der Waals surface area contributed by atoms with Crippen molar-refractivity contribution in [2.24, 2.45) is 23.7 Å². The van der Waals surface area contributed by atoms with Gasteiger partial charge in [-0.25, -0.2) is 15.0 Å². The van der Waals surface area contributed by atoms with E-state index in [-0.39, 0.29) is 5.41 Å². The second kappa shape index (κ2) is 12.9. The summed E-state index contributed by atoms with van der Waals surface area (Å²) in [6.45, 7) is 0. The van der Waals surface area contributed by atoms with Gasteiger partial charge < -0.3 is 0 Å². The van der Waals surface area contributed by atoms with Crippen molar-refractivity contribution in [1.82, 2.24) is 15.0 Å². The van der Waals surface area contributed by atoms with Gasteiger partial charge in [0.2, 0.25) is 0 Å². The van der Waals surface area contributed by atoms with Crippen molar-refractivity contribution in [3.8, 4) is 67.5 Å². The van der Waals surface area contributed by atoms with Gasteiger partial charge in [0.15, 0.2) is 17.5 Å². The predicted octanol–water partition coefficient (Wildman–Crippen LogP) is 15.3. The third kappa shape index (κ3) is 4.42. The third-order valence-corrected chi connectivity index (χ3v) is 18.5. The Morgan fingerprint density at radius 1 is 0.394 bits per heavy atom. The van der Waals surface area contributed by atoms with Gasteiger partial charge in [-0.2, -0.15) is 0 Å². The Balaban J connectivity index is 0.993. The minimum absolute atomic E-state index is 0.0757. The zero-order valence-electron chi connectivity index (χ0n) is 36.3. The molecule has 7 aliphatic rings. The van der Waals surface area contributed by atoms with E-state index in [0.29, 0.717) is 23.5 Å². The van der Waals surface area contributed by atoms with Crippen molar-refractivity contribution in [3.05, 3.63) is 209 Å². The van der Waals surface area contributed by atoms with Crippen LogP contribution in [0.1, 0.15) is 65.5 Å². The Kier molecular flexibility index (Phi) is 7.06. The first-order valence-electron chi connectivity index (χ1n) is 24.0. The van der Waals surface area contributed by atoms with Gasteiger partial charge >= 0.3 is 0 Å². The van der Waals surface area contributed by atoms with E-state index in [0.717, 1.165) is 28.8 Å². The van der Waals surface area contributed by atoms with Crippen LogP contribution in [0.15, 0.2) is 176 Å². The van der Waals surface area contributed by atoms with Gasteiger partial charge in [0.1, 0.15) is 0 Å². The molecule has 2 aromatic heterocycles. The molecule has 3 nitrogen and oxygen atoms in total. The Labute approximate surface area is 387 Å². The van der Waals surface area contributed by atoms with E-state index < -0.39 is 5.41 Å². The van der Waals surface area contributed by atoms with E-state index in [4.69, 9.17) is 15.0 Å². The summed E-state index contributed by atoms with van der Waals surface area (Å²) in [7, 11) is 0. The van der Waals surface area contributed by atoms with Gasteiger partial charge in [0.05, 0.1) is 5.41 Å². The monoisotopic (exact) mass is 861 g/mol. The van der Waals surface area contributed by atoms with Gasteiger partial charge in [0.25, 0.3) is 0 Å². The van der Waals surface area contributed by atoms with Crippen LogP contribution < -0.4 is 0 Å². The van der Waals surface area contributed by atoms with Gasteiger partial charge in [-0.1, -0.05) is 158 Å². The molecule has 17 rings (SSSR count). The third-order valence-electron chi connectivity index (χ3n) is 17.3. The number of aromatic nitrogens is 3. The van der Waals surface area contributed by atoms with Crippen molar-refractivity contribution in [2.75, 3.05) is 0 Å². The van der Waals surface area contributed by atoms with Crippen LogP contribution in [-0.4, -0.2) is 15.0 Å². The fourth-order valence-electron chi connectivity index (χ4n) is 15.3. The topological polar surface area (TPSA) is 38.7 Å². The maximum atomic E-state index is 5.77. The lowest BCUT2D eigenvalue weighted by Crippen LogP contribution is -2.55. The van der Waals surface area contributed by atoms with Crippen molar-refractivity contribution in [2.45, 2.75) is 42.9 Å². The molecule has 7 aliphatic carbocycles. The highest BCUT2D eigenvalue weighted by Gasteiger charge is 2.63. The largest absolute Gasteiger partial charge is 0.208 e. The molecule has 4 heteroatoms. The molecule has 0 saturated heterocycles. The molecule has 0 amide bonds. The van der Waals surface area contributed by atoms with E-state index >= 15 is 0 Å². The maximum absolute atomic E-state index is 5.77. The van der Waals surface area contributed by atoms with Gasteiger partial charge in [0, 0.05) is 47.8 Å². The molecule has 312 valence electrons. The fraction of sp³-hybridized carbons (Fsp3) is 0.177. The summed E-state index contributed by atoms with van der Waals surface area (Å²) in [5.74, 6) is 5.09. The van der Waals surface area contributed by atoms with Crippen molar-refractivity contribution in [3.63, 3.8) is 0 Å². The second-order valence-electron chi connectivity index (χ2n) is 20.2. The van der Waals surface area contributed by atoms with Crippen LogP contribution in [0.3, 0.4) is 0 Å². The molecule has 4 saturated carbocycles. The highest BCUT2D eigenvalue weighted by molar-refractivity contribution is 7.26. The van der Waals surface area contributed by atoms with Crippen LogP contribution in [0, 0.1) is 23.7 Å². The summed E-state index contributed by atoms with van der Waals surface area (Å²) >= 11 is 1.97. The predicted molar refractivity (Wildman–Crippen MR) is 269 cm³/mol. The molecular formula is C62H43N3S. The summed E-state index contributed by atoms with van der Waals surface area (Å²) < 4.78 is 2.74. The van der Waals surface area contributed by atoms with Gasteiger partial charge in [-0.3, -0.25) is 0 Å². The lowest BCUT2D eigenvalue weighted by atomic mass is 9.43. The minimum Gasteiger partial charge on any atom is -0.208 e. The minimum atomic E-state index is -0.462. The maximum Gasteiger partial charge on any atom is 0.164 e. The number of nitrogens with zero attached hydrogens (tertiary/aromatic N) is 3. The number of thiophene rings is 1. The van der Waals surface area contributed by atoms with E-state index in [2.05, 4.69) is 176 Å². The lowest BCUT2D eigenvalue weighted by Gasteiger charge is -2.61. The molecule has 0 radical (unpaired) electrons. The van der Waals surface area contributed by atoms with Crippen LogP contribution in [0.2, 0.25) is 0 Å². The summed E-state index contributed by atoms with van der Waals surface area (Å²) in [5.41, 5.74) is 19.0. The molecule has 4 bridgehead atoms. The number of rotatable bonds is 3. The van der Waals surface area contributed by atoms with Gasteiger partial charge in [-0.15, -0.1) is 11.3 Å². The van der Waals surface area contributed by atoms with E-state index in [1.165, 1.54) is 119 Å². The molecule has 2 spiro atoms.